The number of carbonyl (C=O) groups excluding carboxylic acids is 1. The maximum atomic E-state index is 12.7. The Morgan fingerprint density at radius 1 is 1.20 bits per heavy atom. The Balaban J connectivity index is 1.20. The summed E-state index contributed by atoms with van der Waals surface area (Å²) < 4.78 is 10.9. The van der Waals surface area contributed by atoms with Crippen molar-refractivity contribution in [2.45, 2.75) is 32.5 Å². The van der Waals surface area contributed by atoms with Crippen LogP contribution in [-0.4, -0.2) is 65.3 Å². The summed E-state index contributed by atoms with van der Waals surface area (Å²) in [5.41, 5.74) is 2.80. The molecular formula is C20H23ClN6O3. The van der Waals surface area contributed by atoms with Crippen LogP contribution in [0, 0.1) is 6.92 Å². The van der Waals surface area contributed by atoms with E-state index in [1.165, 1.54) is 6.42 Å². The van der Waals surface area contributed by atoms with Gasteiger partial charge in [-0.25, -0.2) is 19.7 Å². The third kappa shape index (κ3) is 3.36. The number of aryl methyl sites for hydroxylation is 1. The van der Waals surface area contributed by atoms with E-state index in [0.29, 0.717) is 37.1 Å². The number of pyridine rings is 1. The Kier molecular flexibility index (Phi) is 4.77. The van der Waals surface area contributed by atoms with Gasteiger partial charge < -0.3 is 19.3 Å². The molecular weight excluding hydrogens is 408 g/mol. The summed E-state index contributed by atoms with van der Waals surface area (Å²) in [7, 11) is 1.56. The van der Waals surface area contributed by atoms with Gasteiger partial charge in [-0.1, -0.05) is 11.6 Å². The number of hydrogen-bond acceptors (Lipinski definition) is 8. The summed E-state index contributed by atoms with van der Waals surface area (Å²) in [6.07, 6.45) is 2.24. The monoisotopic (exact) mass is 430 g/mol. The van der Waals surface area contributed by atoms with E-state index >= 15 is 0 Å². The summed E-state index contributed by atoms with van der Waals surface area (Å²) in [6, 6.07) is 1.79. The van der Waals surface area contributed by atoms with E-state index in [0.717, 1.165) is 41.7 Å². The van der Waals surface area contributed by atoms with Crippen LogP contribution in [0.5, 0.6) is 5.88 Å². The topological polar surface area (TPSA) is 83.9 Å². The minimum atomic E-state index is -0.316. The van der Waals surface area contributed by atoms with Gasteiger partial charge in [-0.05, 0) is 13.3 Å². The summed E-state index contributed by atoms with van der Waals surface area (Å²) in [4.78, 5) is 32.0. The lowest BCUT2D eigenvalue weighted by molar-refractivity contribution is 0.0490. The number of fused-ring (bicyclic) bond motifs is 1. The lowest BCUT2D eigenvalue weighted by atomic mass is 10.1. The van der Waals surface area contributed by atoms with Gasteiger partial charge in [-0.3, -0.25) is 4.90 Å². The first-order valence-electron chi connectivity index (χ1n) is 10.0. The fourth-order valence-corrected chi connectivity index (χ4v) is 4.19. The summed E-state index contributed by atoms with van der Waals surface area (Å²) >= 11 is 6.25. The van der Waals surface area contributed by atoms with E-state index in [1.54, 1.807) is 24.3 Å². The van der Waals surface area contributed by atoms with Crippen molar-refractivity contribution in [3.8, 4) is 5.88 Å². The SMILES string of the molecule is COc1cc(N2CC(OC(=O)N3Cc4nc(C)nc(N5CCC5)c4C3)C2)c(Cl)cn1. The summed E-state index contributed by atoms with van der Waals surface area (Å²) in [6.45, 7) is 6.02. The molecule has 0 unspecified atom stereocenters. The van der Waals surface area contributed by atoms with Gasteiger partial charge in [-0.2, -0.15) is 0 Å². The molecule has 0 radical (unpaired) electrons. The van der Waals surface area contributed by atoms with Crippen LogP contribution in [0.25, 0.3) is 0 Å². The lowest BCUT2D eigenvalue weighted by Crippen LogP contribution is -2.54. The van der Waals surface area contributed by atoms with E-state index in [9.17, 15) is 4.79 Å². The molecule has 2 aromatic heterocycles. The number of aromatic nitrogens is 3. The number of amides is 1. The van der Waals surface area contributed by atoms with Crippen molar-refractivity contribution in [2.75, 3.05) is 43.1 Å². The summed E-state index contributed by atoms with van der Waals surface area (Å²) in [5.74, 6) is 2.21. The molecule has 5 rings (SSSR count). The molecule has 10 heteroatoms. The fraction of sp³-hybridized carbons (Fsp3) is 0.500. The van der Waals surface area contributed by atoms with Crippen LogP contribution in [0.15, 0.2) is 12.3 Å². The zero-order chi connectivity index (χ0) is 20.8. The van der Waals surface area contributed by atoms with Crippen LogP contribution in [0.4, 0.5) is 16.3 Å². The molecule has 0 aliphatic carbocycles. The lowest BCUT2D eigenvalue weighted by Gasteiger charge is -2.40. The molecule has 158 valence electrons. The smallest absolute Gasteiger partial charge is 0.410 e. The number of halogens is 1. The Bertz CT molecular complexity index is 993. The highest BCUT2D eigenvalue weighted by Gasteiger charge is 2.36. The first kappa shape index (κ1) is 19.2. The largest absolute Gasteiger partial charge is 0.481 e. The Labute approximate surface area is 179 Å². The van der Waals surface area contributed by atoms with E-state index in [1.807, 2.05) is 11.8 Å². The van der Waals surface area contributed by atoms with Crippen LogP contribution in [0.2, 0.25) is 5.02 Å². The molecule has 2 fully saturated rings. The first-order valence-corrected chi connectivity index (χ1v) is 10.4. The molecule has 9 nitrogen and oxygen atoms in total. The highest BCUT2D eigenvalue weighted by molar-refractivity contribution is 6.33. The molecule has 1 amide bonds. The molecule has 3 aliphatic heterocycles. The molecule has 3 aliphatic rings. The number of hydrogen-bond donors (Lipinski definition) is 0. The molecule has 2 aromatic rings. The predicted octanol–water partition coefficient (Wildman–Crippen LogP) is 2.39. The highest BCUT2D eigenvalue weighted by atomic mass is 35.5. The number of rotatable bonds is 4. The minimum Gasteiger partial charge on any atom is -0.481 e. The maximum absolute atomic E-state index is 12.7. The first-order chi connectivity index (χ1) is 14.5. The van der Waals surface area contributed by atoms with Gasteiger partial charge in [0.25, 0.3) is 0 Å². The molecule has 0 N–H and O–H groups in total. The van der Waals surface area contributed by atoms with E-state index in [-0.39, 0.29) is 12.2 Å². The van der Waals surface area contributed by atoms with Crippen LogP contribution in [0.1, 0.15) is 23.5 Å². The van der Waals surface area contributed by atoms with Gasteiger partial charge in [-0.15, -0.1) is 0 Å². The Morgan fingerprint density at radius 2 is 2.00 bits per heavy atom. The van der Waals surface area contributed by atoms with Crippen molar-refractivity contribution in [1.82, 2.24) is 19.9 Å². The van der Waals surface area contributed by atoms with Crippen molar-refractivity contribution < 1.29 is 14.3 Å². The van der Waals surface area contributed by atoms with Crippen LogP contribution in [0.3, 0.4) is 0 Å². The molecule has 2 saturated heterocycles. The van der Waals surface area contributed by atoms with Crippen LogP contribution < -0.4 is 14.5 Å². The third-order valence-corrected chi connectivity index (χ3v) is 6.05. The maximum Gasteiger partial charge on any atom is 0.410 e. The number of ether oxygens (including phenoxy) is 2. The third-order valence-electron chi connectivity index (χ3n) is 5.76. The van der Waals surface area contributed by atoms with E-state index < -0.39 is 0 Å². The number of anilines is 2. The molecule has 5 heterocycles. The van der Waals surface area contributed by atoms with Crippen molar-refractivity contribution >= 4 is 29.2 Å². The van der Waals surface area contributed by atoms with Gasteiger partial charge >= 0.3 is 6.09 Å². The van der Waals surface area contributed by atoms with Gasteiger partial charge in [0.2, 0.25) is 5.88 Å². The second kappa shape index (κ2) is 7.46. The van der Waals surface area contributed by atoms with Crippen molar-refractivity contribution in [2.24, 2.45) is 0 Å². The number of methoxy groups -OCH3 is 1. The average molecular weight is 431 g/mol. The van der Waals surface area contributed by atoms with Crippen molar-refractivity contribution in [1.29, 1.82) is 0 Å². The average Bonchev–Trinajstić information content (AvgIpc) is 3.08. The van der Waals surface area contributed by atoms with E-state index in [4.69, 9.17) is 21.1 Å². The second-order valence-electron chi connectivity index (χ2n) is 7.81. The summed E-state index contributed by atoms with van der Waals surface area (Å²) in [5, 5.41) is 0.544. The van der Waals surface area contributed by atoms with Gasteiger partial charge in [0.1, 0.15) is 17.7 Å². The second-order valence-corrected chi connectivity index (χ2v) is 8.21. The van der Waals surface area contributed by atoms with Crippen LogP contribution in [-0.2, 0) is 17.8 Å². The molecule has 0 bridgehead atoms. The number of nitrogens with zero attached hydrogens (tertiary/aromatic N) is 6. The molecule has 0 saturated carbocycles. The van der Waals surface area contributed by atoms with Gasteiger partial charge in [0.15, 0.2) is 0 Å². The fourth-order valence-electron chi connectivity index (χ4n) is 3.97. The predicted molar refractivity (Wildman–Crippen MR) is 111 cm³/mol. The molecule has 0 atom stereocenters. The quantitative estimate of drug-likeness (QED) is 0.731. The normalized spacial score (nSPS) is 18.0. The van der Waals surface area contributed by atoms with Crippen molar-refractivity contribution in [3.63, 3.8) is 0 Å². The molecule has 0 aromatic carbocycles. The highest BCUT2D eigenvalue weighted by Crippen LogP contribution is 2.34. The Hall–Kier alpha value is -2.81. The standard InChI is InChI=1S/C20H23ClN6O3/c1-12-23-16-11-27(10-14(16)19(24-12)25-4-3-5-25)20(28)30-13-8-26(9-13)17-6-18(29-2)22-7-15(17)21/h6-7,13H,3-5,8-11H2,1-2H3. The Morgan fingerprint density at radius 3 is 2.70 bits per heavy atom. The van der Waals surface area contributed by atoms with Gasteiger partial charge in [0, 0.05) is 24.7 Å². The molecule has 0 spiro atoms. The van der Waals surface area contributed by atoms with Gasteiger partial charge in [0.05, 0.1) is 55.9 Å². The van der Waals surface area contributed by atoms with Crippen molar-refractivity contribution in [3.05, 3.63) is 34.4 Å². The minimum absolute atomic E-state index is 0.181. The molecule has 30 heavy (non-hydrogen) atoms. The van der Waals surface area contributed by atoms with Crippen LogP contribution >= 0.6 is 11.6 Å². The zero-order valence-electron chi connectivity index (χ0n) is 17.0. The number of carbonyl (C=O) groups is 1. The van der Waals surface area contributed by atoms with E-state index in [2.05, 4.69) is 19.9 Å². The zero-order valence-corrected chi connectivity index (χ0v) is 17.7.